The van der Waals surface area contributed by atoms with Gasteiger partial charge in [0.1, 0.15) is 0 Å². The lowest BCUT2D eigenvalue weighted by molar-refractivity contribution is 0.581. The van der Waals surface area contributed by atoms with E-state index in [4.69, 9.17) is 0 Å². The molecule has 18 heavy (non-hydrogen) atoms. The topological polar surface area (TPSA) is 59.1 Å². The van der Waals surface area contributed by atoms with Gasteiger partial charge in [0, 0.05) is 29.4 Å². The Morgan fingerprint density at radius 3 is 2.83 bits per heavy atom. The molecule has 98 valence electrons. The van der Waals surface area contributed by atoms with Gasteiger partial charge in [-0.2, -0.15) is 0 Å². The first-order valence-electron chi connectivity index (χ1n) is 5.13. The molecule has 4 nitrogen and oxygen atoms in total. The van der Waals surface area contributed by atoms with Crippen LogP contribution in [0.1, 0.15) is 9.88 Å². The molecule has 2 heterocycles. The van der Waals surface area contributed by atoms with Gasteiger partial charge in [-0.1, -0.05) is 0 Å². The number of nitrogens with one attached hydrogen (secondary N) is 1. The van der Waals surface area contributed by atoms with Gasteiger partial charge in [-0.3, -0.25) is 0 Å². The maximum atomic E-state index is 12.1. The molecule has 0 atom stereocenters. The van der Waals surface area contributed by atoms with Crippen molar-refractivity contribution in [2.24, 2.45) is 0 Å². The van der Waals surface area contributed by atoms with Crippen LogP contribution < -0.4 is 4.72 Å². The fourth-order valence-corrected chi connectivity index (χ4v) is 5.51. The molecular formula is C10H11BrN2O2S3. The number of thiazole rings is 1. The Morgan fingerprint density at radius 2 is 2.28 bits per heavy atom. The molecule has 0 radical (unpaired) electrons. The first-order valence-corrected chi connectivity index (χ1v) is 9.10. The van der Waals surface area contributed by atoms with Crippen LogP contribution in [0.15, 0.2) is 26.3 Å². The summed E-state index contributed by atoms with van der Waals surface area (Å²) in [6.45, 7) is 2.16. The van der Waals surface area contributed by atoms with E-state index >= 15 is 0 Å². The Kier molecular flexibility index (Phi) is 4.54. The van der Waals surface area contributed by atoms with Crippen LogP contribution in [0.5, 0.6) is 0 Å². The second kappa shape index (κ2) is 5.79. The van der Waals surface area contributed by atoms with Crippen LogP contribution in [-0.4, -0.2) is 19.9 Å². The molecule has 8 heteroatoms. The van der Waals surface area contributed by atoms with E-state index in [1.54, 1.807) is 19.2 Å². The average molecular weight is 367 g/mol. The summed E-state index contributed by atoms with van der Waals surface area (Å²) in [6, 6.07) is 1.63. The van der Waals surface area contributed by atoms with Crippen LogP contribution in [0.3, 0.4) is 0 Å². The Labute approximate surface area is 122 Å². The fourth-order valence-electron chi connectivity index (χ4n) is 1.44. The Bertz CT molecular complexity index is 620. The molecule has 0 aliphatic carbocycles. The molecule has 2 aromatic rings. The van der Waals surface area contributed by atoms with Crippen LogP contribution in [0.2, 0.25) is 0 Å². The lowest BCUT2D eigenvalue weighted by Gasteiger charge is -2.04. The largest absolute Gasteiger partial charge is 0.250 e. The second-order valence-electron chi connectivity index (χ2n) is 3.54. The van der Waals surface area contributed by atoms with E-state index in [0.29, 0.717) is 17.9 Å². The van der Waals surface area contributed by atoms with Gasteiger partial charge in [-0.25, -0.2) is 18.1 Å². The van der Waals surface area contributed by atoms with E-state index in [1.807, 2.05) is 5.38 Å². The number of rotatable bonds is 5. The van der Waals surface area contributed by atoms with Crippen molar-refractivity contribution in [2.45, 2.75) is 18.2 Å². The highest BCUT2D eigenvalue weighted by Crippen LogP contribution is 2.29. The summed E-state index contributed by atoms with van der Waals surface area (Å²) in [6.07, 6.45) is 2.33. The molecular weight excluding hydrogens is 356 g/mol. The van der Waals surface area contributed by atoms with E-state index < -0.39 is 10.0 Å². The van der Waals surface area contributed by atoms with E-state index in [-0.39, 0.29) is 0 Å². The van der Waals surface area contributed by atoms with Crippen LogP contribution in [0.25, 0.3) is 0 Å². The summed E-state index contributed by atoms with van der Waals surface area (Å²) in [4.78, 5) is 5.24. The van der Waals surface area contributed by atoms with Crippen molar-refractivity contribution in [1.82, 2.24) is 9.71 Å². The van der Waals surface area contributed by atoms with E-state index in [2.05, 4.69) is 25.6 Å². The predicted octanol–water partition coefficient (Wildman–Crippen LogP) is 2.80. The lowest BCUT2D eigenvalue weighted by Crippen LogP contribution is -2.26. The van der Waals surface area contributed by atoms with Crippen molar-refractivity contribution in [2.75, 3.05) is 6.54 Å². The molecule has 0 spiro atoms. The van der Waals surface area contributed by atoms with Crippen molar-refractivity contribution in [3.63, 3.8) is 0 Å². The van der Waals surface area contributed by atoms with Crippen LogP contribution in [0.4, 0.5) is 0 Å². The summed E-state index contributed by atoms with van der Waals surface area (Å²) in [7, 11) is -3.42. The maximum Gasteiger partial charge on any atom is 0.241 e. The smallest absolute Gasteiger partial charge is 0.241 e. The first-order chi connectivity index (χ1) is 8.49. The molecule has 2 aromatic heterocycles. The van der Waals surface area contributed by atoms with E-state index in [0.717, 1.165) is 13.7 Å². The molecule has 0 fully saturated rings. The maximum absolute atomic E-state index is 12.1. The monoisotopic (exact) mass is 366 g/mol. The number of sulfonamides is 1. The SMILES string of the molecule is Cc1sc(Br)cc1S(=O)(=O)NCCc1nccs1. The van der Waals surface area contributed by atoms with Crippen LogP contribution >= 0.6 is 38.6 Å². The average Bonchev–Trinajstić information content (AvgIpc) is 2.88. The molecule has 0 aliphatic heterocycles. The number of hydrogen-bond acceptors (Lipinski definition) is 5. The number of halogens is 1. The van der Waals surface area contributed by atoms with Gasteiger partial charge in [-0.15, -0.1) is 22.7 Å². The first kappa shape index (κ1) is 14.1. The minimum absolute atomic E-state index is 0.346. The highest BCUT2D eigenvalue weighted by Gasteiger charge is 2.18. The molecule has 1 N–H and O–H groups in total. The Balaban J connectivity index is 2.02. The Morgan fingerprint density at radius 1 is 1.50 bits per heavy atom. The van der Waals surface area contributed by atoms with Gasteiger partial charge >= 0.3 is 0 Å². The molecule has 0 unspecified atom stereocenters. The van der Waals surface area contributed by atoms with E-state index in [1.165, 1.54) is 22.7 Å². The molecule has 0 aromatic carbocycles. The predicted molar refractivity (Wildman–Crippen MR) is 77.8 cm³/mol. The molecule has 0 amide bonds. The summed E-state index contributed by atoms with van der Waals surface area (Å²) >= 11 is 6.23. The number of aryl methyl sites for hydroxylation is 1. The van der Waals surface area contributed by atoms with Crippen molar-refractivity contribution in [3.8, 4) is 0 Å². The van der Waals surface area contributed by atoms with E-state index in [9.17, 15) is 8.42 Å². The zero-order chi connectivity index (χ0) is 13.2. The van der Waals surface area contributed by atoms with Crippen molar-refractivity contribution in [1.29, 1.82) is 0 Å². The lowest BCUT2D eigenvalue weighted by atomic mass is 10.5. The summed E-state index contributed by atoms with van der Waals surface area (Å²) in [5.74, 6) is 0. The zero-order valence-electron chi connectivity index (χ0n) is 9.51. The number of hydrogen-bond donors (Lipinski definition) is 1. The zero-order valence-corrected chi connectivity index (χ0v) is 13.5. The third kappa shape index (κ3) is 3.39. The number of thiophene rings is 1. The summed E-state index contributed by atoms with van der Waals surface area (Å²) in [5, 5.41) is 2.81. The minimum Gasteiger partial charge on any atom is -0.250 e. The van der Waals surface area contributed by atoms with Gasteiger partial charge in [0.2, 0.25) is 10.0 Å². The van der Waals surface area contributed by atoms with Gasteiger partial charge in [0.25, 0.3) is 0 Å². The quantitative estimate of drug-likeness (QED) is 0.884. The van der Waals surface area contributed by atoms with Gasteiger partial charge in [0.05, 0.1) is 13.7 Å². The highest BCUT2D eigenvalue weighted by atomic mass is 79.9. The van der Waals surface area contributed by atoms with Crippen molar-refractivity contribution in [3.05, 3.63) is 31.3 Å². The standard InChI is InChI=1S/C10H11BrN2O2S3/c1-7-8(6-9(11)17-7)18(14,15)13-3-2-10-12-4-5-16-10/h4-6,13H,2-3H2,1H3. The van der Waals surface area contributed by atoms with Crippen molar-refractivity contribution < 1.29 is 8.42 Å². The molecule has 0 aliphatic rings. The minimum atomic E-state index is -3.42. The third-order valence-electron chi connectivity index (χ3n) is 2.25. The Hall–Kier alpha value is -0.280. The van der Waals surface area contributed by atoms with Crippen LogP contribution in [0, 0.1) is 6.92 Å². The van der Waals surface area contributed by atoms with Gasteiger partial charge in [-0.05, 0) is 28.9 Å². The second-order valence-corrected chi connectivity index (χ2v) is 8.89. The molecule has 2 rings (SSSR count). The molecule has 0 saturated heterocycles. The fraction of sp³-hybridized carbons (Fsp3) is 0.300. The highest BCUT2D eigenvalue weighted by molar-refractivity contribution is 9.11. The molecule has 0 bridgehead atoms. The van der Waals surface area contributed by atoms with Crippen molar-refractivity contribution >= 4 is 48.6 Å². The number of nitrogens with zero attached hydrogens (tertiary/aromatic N) is 1. The molecule has 0 saturated carbocycles. The van der Waals surface area contributed by atoms with Gasteiger partial charge < -0.3 is 0 Å². The normalized spacial score (nSPS) is 11.9. The summed E-state index contributed by atoms with van der Waals surface area (Å²) in [5.41, 5.74) is 0. The third-order valence-corrected chi connectivity index (χ3v) is 6.36. The summed E-state index contributed by atoms with van der Waals surface area (Å²) < 4.78 is 27.5. The van der Waals surface area contributed by atoms with Crippen LogP contribution in [-0.2, 0) is 16.4 Å². The van der Waals surface area contributed by atoms with Gasteiger partial charge in [0.15, 0.2) is 0 Å². The number of aromatic nitrogens is 1.